The van der Waals surface area contributed by atoms with E-state index in [2.05, 4.69) is 4.57 Å². The molecule has 0 spiro atoms. The van der Waals surface area contributed by atoms with Crippen molar-refractivity contribution in [2.45, 2.75) is 52.2 Å². The summed E-state index contributed by atoms with van der Waals surface area (Å²) in [4.78, 5) is 0. The minimum atomic E-state index is -0.356. The van der Waals surface area contributed by atoms with Crippen molar-refractivity contribution in [2.75, 3.05) is 6.61 Å². The van der Waals surface area contributed by atoms with Crippen molar-refractivity contribution in [3.63, 3.8) is 0 Å². The van der Waals surface area contributed by atoms with Crippen LogP contribution in [-0.4, -0.2) is 21.4 Å². The molecule has 1 atom stereocenters. The van der Waals surface area contributed by atoms with Crippen molar-refractivity contribution in [1.29, 1.82) is 0 Å². The fourth-order valence-electron chi connectivity index (χ4n) is 1.92. The van der Waals surface area contributed by atoms with Gasteiger partial charge in [-0.1, -0.05) is 26.7 Å². The van der Waals surface area contributed by atoms with Gasteiger partial charge in [0, 0.05) is 25.5 Å². The maximum Gasteiger partial charge on any atom is 0.0827 e. The van der Waals surface area contributed by atoms with E-state index < -0.39 is 0 Å². The Morgan fingerprint density at radius 2 is 1.88 bits per heavy atom. The quantitative estimate of drug-likeness (QED) is 0.685. The van der Waals surface area contributed by atoms with Crippen LogP contribution in [0.3, 0.4) is 0 Å². The number of aliphatic hydroxyl groups is 2. The second-order valence-corrected chi connectivity index (χ2v) is 5.01. The van der Waals surface area contributed by atoms with Crippen LogP contribution in [0.4, 0.5) is 0 Å². The van der Waals surface area contributed by atoms with Crippen LogP contribution in [0, 0.1) is 5.92 Å². The fourth-order valence-corrected chi connectivity index (χ4v) is 1.92. The van der Waals surface area contributed by atoms with Gasteiger partial charge in [0.05, 0.1) is 6.10 Å². The molecule has 0 saturated carbocycles. The SMILES string of the molecule is CC(C)C(O)c1ccn(CCCCCCO)c1. The van der Waals surface area contributed by atoms with Crippen molar-refractivity contribution < 1.29 is 10.2 Å². The molecule has 0 fully saturated rings. The molecule has 0 aliphatic rings. The summed E-state index contributed by atoms with van der Waals surface area (Å²) in [6.45, 7) is 5.35. The van der Waals surface area contributed by atoms with Gasteiger partial charge in [-0.05, 0) is 30.4 Å². The van der Waals surface area contributed by atoms with Gasteiger partial charge in [0.15, 0.2) is 0 Å². The lowest BCUT2D eigenvalue weighted by Crippen LogP contribution is -2.04. The van der Waals surface area contributed by atoms with Crippen LogP contribution in [0.2, 0.25) is 0 Å². The van der Waals surface area contributed by atoms with E-state index in [9.17, 15) is 5.11 Å². The van der Waals surface area contributed by atoms with Crippen LogP contribution in [0.5, 0.6) is 0 Å². The molecule has 17 heavy (non-hydrogen) atoms. The molecular formula is C14H25NO2. The number of aromatic nitrogens is 1. The van der Waals surface area contributed by atoms with Crippen LogP contribution in [-0.2, 0) is 6.54 Å². The summed E-state index contributed by atoms with van der Waals surface area (Å²) in [5, 5.41) is 18.6. The van der Waals surface area contributed by atoms with Gasteiger partial charge in [-0.2, -0.15) is 0 Å². The van der Waals surface area contributed by atoms with Gasteiger partial charge in [0.1, 0.15) is 0 Å². The highest BCUT2D eigenvalue weighted by Crippen LogP contribution is 2.21. The summed E-state index contributed by atoms with van der Waals surface area (Å²) in [5.41, 5.74) is 1.01. The second kappa shape index (κ2) is 7.51. The molecule has 1 heterocycles. The Morgan fingerprint density at radius 1 is 1.18 bits per heavy atom. The van der Waals surface area contributed by atoms with Crippen LogP contribution in [0.15, 0.2) is 18.5 Å². The van der Waals surface area contributed by atoms with E-state index in [0.717, 1.165) is 37.8 Å². The third-order valence-corrected chi connectivity index (χ3v) is 3.07. The monoisotopic (exact) mass is 239 g/mol. The molecule has 0 bridgehead atoms. The number of rotatable bonds is 8. The average molecular weight is 239 g/mol. The lowest BCUT2D eigenvalue weighted by Gasteiger charge is -2.12. The highest BCUT2D eigenvalue weighted by molar-refractivity contribution is 5.13. The summed E-state index contributed by atoms with van der Waals surface area (Å²) >= 11 is 0. The summed E-state index contributed by atoms with van der Waals surface area (Å²) in [6, 6.07) is 2.00. The Kier molecular flexibility index (Phi) is 6.30. The first-order valence-electron chi connectivity index (χ1n) is 6.59. The Hall–Kier alpha value is -0.800. The summed E-state index contributed by atoms with van der Waals surface area (Å²) in [7, 11) is 0. The highest BCUT2D eigenvalue weighted by atomic mass is 16.3. The minimum Gasteiger partial charge on any atom is -0.396 e. The molecular weight excluding hydrogens is 214 g/mol. The van der Waals surface area contributed by atoms with Gasteiger partial charge in [0.25, 0.3) is 0 Å². The highest BCUT2D eigenvalue weighted by Gasteiger charge is 2.12. The van der Waals surface area contributed by atoms with Gasteiger partial charge in [-0.3, -0.25) is 0 Å². The van der Waals surface area contributed by atoms with E-state index >= 15 is 0 Å². The van der Waals surface area contributed by atoms with Crippen LogP contribution in [0.25, 0.3) is 0 Å². The Morgan fingerprint density at radius 3 is 2.53 bits per heavy atom. The molecule has 0 aliphatic carbocycles. The molecule has 98 valence electrons. The average Bonchev–Trinajstić information content (AvgIpc) is 2.76. The lowest BCUT2D eigenvalue weighted by molar-refractivity contribution is 0.127. The molecule has 1 aromatic rings. The molecule has 0 saturated heterocycles. The molecule has 3 heteroatoms. The first kappa shape index (κ1) is 14.3. The smallest absolute Gasteiger partial charge is 0.0827 e. The number of unbranched alkanes of at least 4 members (excludes halogenated alkanes) is 3. The molecule has 1 rings (SSSR count). The van der Waals surface area contributed by atoms with Crippen LogP contribution in [0.1, 0.15) is 51.2 Å². The first-order valence-corrected chi connectivity index (χ1v) is 6.59. The topological polar surface area (TPSA) is 45.4 Å². The van der Waals surface area contributed by atoms with Crippen molar-refractivity contribution >= 4 is 0 Å². The van der Waals surface area contributed by atoms with E-state index in [1.807, 2.05) is 32.3 Å². The van der Waals surface area contributed by atoms with E-state index in [1.54, 1.807) is 0 Å². The zero-order valence-corrected chi connectivity index (χ0v) is 11.0. The summed E-state index contributed by atoms with van der Waals surface area (Å²) < 4.78 is 2.14. The van der Waals surface area contributed by atoms with E-state index in [-0.39, 0.29) is 12.0 Å². The molecule has 0 aliphatic heterocycles. The molecule has 0 aromatic carbocycles. The zero-order chi connectivity index (χ0) is 12.7. The molecule has 2 N–H and O–H groups in total. The second-order valence-electron chi connectivity index (χ2n) is 5.01. The maximum absolute atomic E-state index is 9.91. The van der Waals surface area contributed by atoms with Crippen molar-refractivity contribution in [3.05, 3.63) is 24.0 Å². The van der Waals surface area contributed by atoms with Crippen LogP contribution < -0.4 is 0 Å². The minimum absolute atomic E-state index is 0.260. The maximum atomic E-state index is 9.91. The fraction of sp³-hybridized carbons (Fsp3) is 0.714. The first-order chi connectivity index (χ1) is 8.15. The number of nitrogens with zero attached hydrogens (tertiary/aromatic N) is 1. The standard InChI is InChI=1S/C14H25NO2/c1-12(2)14(17)13-7-9-15(11-13)8-5-3-4-6-10-16/h7,9,11-12,14,16-17H,3-6,8,10H2,1-2H3. The number of hydrogen-bond acceptors (Lipinski definition) is 2. The van der Waals surface area contributed by atoms with Gasteiger partial charge in [-0.15, -0.1) is 0 Å². The Labute approximate surface area is 104 Å². The van der Waals surface area contributed by atoms with E-state index in [4.69, 9.17) is 5.11 Å². The van der Waals surface area contributed by atoms with E-state index in [0.29, 0.717) is 6.61 Å². The van der Waals surface area contributed by atoms with Gasteiger partial charge in [-0.25, -0.2) is 0 Å². The molecule has 0 amide bonds. The number of aryl methyl sites for hydroxylation is 1. The largest absolute Gasteiger partial charge is 0.396 e. The van der Waals surface area contributed by atoms with Gasteiger partial charge in [0.2, 0.25) is 0 Å². The van der Waals surface area contributed by atoms with Crippen molar-refractivity contribution in [3.8, 4) is 0 Å². The van der Waals surface area contributed by atoms with E-state index in [1.165, 1.54) is 0 Å². The Bertz CT molecular complexity index is 307. The molecule has 3 nitrogen and oxygen atoms in total. The van der Waals surface area contributed by atoms with Crippen molar-refractivity contribution in [1.82, 2.24) is 4.57 Å². The lowest BCUT2D eigenvalue weighted by atomic mass is 10.0. The van der Waals surface area contributed by atoms with Crippen molar-refractivity contribution in [2.24, 2.45) is 5.92 Å². The Balaban J connectivity index is 2.31. The molecule has 0 radical (unpaired) electrons. The number of hydrogen-bond donors (Lipinski definition) is 2. The predicted molar refractivity (Wildman–Crippen MR) is 69.8 cm³/mol. The zero-order valence-electron chi connectivity index (χ0n) is 11.0. The predicted octanol–water partition coefficient (Wildman–Crippen LogP) is 2.73. The van der Waals surface area contributed by atoms with Gasteiger partial charge < -0.3 is 14.8 Å². The number of aliphatic hydroxyl groups excluding tert-OH is 2. The van der Waals surface area contributed by atoms with Crippen LogP contribution >= 0.6 is 0 Å². The summed E-state index contributed by atoms with van der Waals surface area (Å²) in [6.07, 6.45) is 8.00. The third-order valence-electron chi connectivity index (χ3n) is 3.07. The summed E-state index contributed by atoms with van der Waals surface area (Å²) in [5.74, 6) is 0.260. The molecule has 1 aromatic heterocycles. The van der Waals surface area contributed by atoms with Gasteiger partial charge >= 0.3 is 0 Å². The molecule has 1 unspecified atom stereocenters. The third kappa shape index (κ3) is 4.92. The normalized spacial score (nSPS) is 13.2.